The number of alkyl halides is 1. The number of halogens is 1. The van der Waals surface area contributed by atoms with Crippen molar-refractivity contribution >= 4 is 17.4 Å². The molecule has 0 aromatic carbocycles. The summed E-state index contributed by atoms with van der Waals surface area (Å²) < 4.78 is 1.98. The highest BCUT2D eigenvalue weighted by atomic mass is 35.5. The van der Waals surface area contributed by atoms with Crippen molar-refractivity contribution in [1.29, 1.82) is 0 Å². The largest absolute Gasteiger partial charge is 0.356 e. The van der Waals surface area contributed by atoms with Gasteiger partial charge in [-0.1, -0.05) is 20.8 Å². The molecule has 0 spiro atoms. The van der Waals surface area contributed by atoms with Crippen molar-refractivity contribution in [3.05, 3.63) is 11.3 Å². The number of aryl methyl sites for hydroxylation is 2. The monoisotopic (exact) mass is 269 g/mol. The van der Waals surface area contributed by atoms with Crippen molar-refractivity contribution in [3.8, 4) is 0 Å². The summed E-state index contributed by atoms with van der Waals surface area (Å²) in [6, 6.07) is 0. The second-order valence-electron chi connectivity index (χ2n) is 6.44. The van der Waals surface area contributed by atoms with Crippen LogP contribution in [0, 0.1) is 18.3 Å². The molecule has 2 heterocycles. The number of rotatable bonds is 2. The maximum absolute atomic E-state index is 6.08. The smallest absolute Gasteiger partial charge is 0.131 e. The van der Waals surface area contributed by atoms with Crippen molar-refractivity contribution < 1.29 is 0 Å². The van der Waals surface area contributed by atoms with E-state index < -0.39 is 0 Å². The third kappa shape index (κ3) is 2.37. The van der Waals surface area contributed by atoms with Crippen molar-refractivity contribution in [1.82, 2.24) is 9.78 Å². The van der Waals surface area contributed by atoms with Gasteiger partial charge in [0.05, 0.1) is 11.6 Å². The summed E-state index contributed by atoms with van der Waals surface area (Å²) in [5.41, 5.74) is 2.62. The van der Waals surface area contributed by atoms with Crippen LogP contribution >= 0.6 is 11.6 Å². The highest BCUT2D eigenvalue weighted by Crippen LogP contribution is 2.37. The molecular formula is C14H24ClN3. The molecule has 0 amide bonds. The molecule has 0 radical (unpaired) electrons. The standard InChI is InChI=1S/C14H24ClN3/c1-10-12(8-15)13(17(5)16-10)18-7-6-11(9-18)14(2,3)4/h11H,6-9H2,1-5H3. The van der Waals surface area contributed by atoms with Crippen LogP contribution in [0.15, 0.2) is 0 Å². The highest BCUT2D eigenvalue weighted by molar-refractivity contribution is 6.17. The Morgan fingerprint density at radius 3 is 2.56 bits per heavy atom. The number of hydrogen-bond donors (Lipinski definition) is 0. The van der Waals surface area contributed by atoms with Gasteiger partial charge in [0.2, 0.25) is 0 Å². The lowest BCUT2D eigenvalue weighted by Crippen LogP contribution is -2.27. The SMILES string of the molecule is Cc1nn(C)c(N2CCC(C(C)(C)C)C2)c1CCl. The second kappa shape index (κ2) is 4.76. The molecule has 4 heteroatoms. The molecule has 0 saturated carbocycles. The van der Waals surface area contributed by atoms with Gasteiger partial charge in [0, 0.05) is 25.7 Å². The van der Waals surface area contributed by atoms with Gasteiger partial charge in [0.15, 0.2) is 0 Å². The zero-order valence-corrected chi connectivity index (χ0v) is 12.9. The number of aromatic nitrogens is 2. The van der Waals surface area contributed by atoms with Crippen LogP contribution in [-0.2, 0) is 12.9 Å². The first-order valence-corrected chi connectivity index (χ1v) is 7.21. The van der Waals surface area contributed by atoms with Gasteiger partial charge >= 0.3 is 0 Å². The van der Waals surface area contributed by atoms with E-state index in [1.807, 2.05) is 18.7 Å². The maximum atomic E-state index is 6.08. The quantitative estimate of drug-likeness (QED) is 0.768. The molecule has 1 aliphatic rings. The average molecular weight is 270 g/mol. The van der Waals surface area contributed by atoms with E-state index in [0.717, 1.165) is 24.7 Å². The van der Waals surface area contributed by atoms with E-state index in [2.05, 4.69) is 30.8 Å². The highest BCUT2D eigenvalue weighted by Gasteiger charge is 2.33. The van der Waals surface area contributed by atoms with Crippen LogP contribution in [0.25, 0.3) is 0 Å². The van der Waals surface area contributed by atoms with E-state index in [0.29, 0.717) is 11.3 Å². The third-order valence-electron chi connectivity index (χ3n) is 4.16. The topological polar surface area (TPSA) is 21.1 Å². The van der Waals surface area contributed by atoms with Crippen LogP contribution in [0.5, 0.6) is 0 Å². The summed E-state index contributed by atoms with van der Waals surface area (Å²) in [5.74, 6) is 2.51. The van der Waals surface area contributed by atoms with E-state index in [-0.39, 0.29) is 0 Å². The predicted molar refractivity (Wildman–Crippen MR) is 77.3 cm³/mol. The van der Waals surface area contributed by atoms with Crippen LogP contribution < -0.4 is 4.90 Å². The van der Waals surface area contributed by atoms with Crippen LogP contribution in [0.4, 0.5) is 5.82 Å². The molecule has 0 aliphatic carbocycles. The number of nitrogens with zero attached hydrogens (tertiary/aromatic N) is 3. The molecule has 1 atom stereocenters. The molecule has 1 aromatic rings. The summed E-state index contributed by atoms with van der Waals surface area (Å²) >= 11 is 6.08. The van der Waals surface area contributed by atoms with Crippen molar-refractivity contribution in [2.75, 3.05) is 18.0 Å². The molecule has 18 heavy (non-hydrogen) atoms. The molecule has 1 aromatic heterocycles. The zero-order chi connectivity index (χ0) is 13.5. The minimum Gasteiger partial charge on any atom is -0.356 e. The number of anilines is 1. The summed E-state index contributed by atoms with van der Waals surface area (Å²) in [7, 11) is 2.02. The molecule has 0 N–H and O–H groups in total. The normalized spacial score (nSPS) is 20.8. The van der Waals surface area contributed by atoms with Gasteiger partial charge in [0.25, 0.3) is 0 Å². The minimum absolute atomic E-state index is 0.378. The lowest BCUT2D eigenvalue weighted by Gasteiger charge is -2.27. The lowest BCUT2D eigenvalue weighted by molar-refractivity contribution is 0.263. The summed E-state index contributed by atoms with van der Waals surface area (Å²) in [5, 5.41) is 4.50. The van der Waals surface area contributed by atoms with Gasteiger partial charge in [-0.25, -0.2) is 0 Å². The molecule has 1 aliphatic heterocycles. The van der Waals surface area contributed by atoms with Gasteiger partial charge in [-0.2, -0.15) is 5.10 Å². The maximum Gasteiger partial charge on any atom is 0.131 e. The molecule has 3 nitrogen and oxygen atoms in total. The molecule has 1 fully saturated rings. The Balaban J connectivity index is 2.24. The molecule has 1 unspecified atom stereocenters. The average Bonchev–Trinajstić information content (AvgIpc) is 2.81. The predicted octanol–water partition coefficient (Wildman–Crippen LogP) is 3.34. The van der Waals surface area contributed by atoms with Gasteiger partial charge in [-0.15, -0.1) is 11.6 Å². The fourth-order valence-electron chi connectivity index (χ4n) is 2.90. The van der Waals surface area contributed by atoms with Crippen molar-refractivity contribution in [3.63, 3.8) is 0 Å². The van der Waals surface area contributed by atoms with E-state index in [9.17, 15) is 0 Å². The Morgan fingerprint density at radius 1 is 1.39 bits per heavy atom. The molecule has 1 saturated heterocycles. The fourth-order valence-corrected chi connectivity index (χ4v) is 3.21. The first-order valence-electron chi connectivity index (χ1n) is 6.68. The third-order valence-corrected chi connectivity index (χ3v) is 4.43. The molecular weight excluding hydrogens is 246 g/mol. The van der Waals surface area contributed by atoms with Gasteiger partial charge in [-0.05, 0) is 24.7 Å². The Morgan fingerprint density at radius 2 is 2.06 bits per heavy atom. The van der Waals surface area contributed by atoms with Gasteiger partial charge in [-0.3, -0.25) is 4.68 Å². The first-order chi connectivity index (χ1) is 8.34. The van der Waals surface area contributed by atoms with Crippen LogP contribution in [0.2, 0.25) is 0 Å². The molecule has 2 rings (SSSR count). The summed E-state index contributed by atoms with van der Waals surface area (Å²) in [6.45, 7) is 11.3. The lowest BCUT2D eigenvalue weighted by atomic mass is 9.80. The minimum atomic E-state index is 0.378. The van der Waals surface area contributed by atoms with Crippen LogP contribution in [0.3, 0.4) is 0 Å². The Kier molecular flexibility index (Phi) is 3.63. The summed E-state index contributed by atoms with van der Waals surface area (Å²) in [6.07, 6.45) is 1.26. The second-order valence-corrected chi connectivity index (χ2v) is 6.71. The molecule has 0 bridgehead atoms. The first kappa shape index (κ1) is 13.7. The van der Waals surface area contributed by atoms with E-state index >= 15 is 0 Å². The molecule has 102 valence electrons. The van der Waals surface area contributed by atoms with E-state index in [1.165, 1.54) is 17.8 Å². The summed E-state index contributed by atoms with van der Waals surface area (Å²) in [4.78, 5) is 2.45. The number of hydrogen-bond acceptors (Lipinski definition) is 2. The van der Waals surface area contributed by atoms with Gasteiger partial charge in [0.1, 0.15) is 5.82 Å². The van der Waals surface area contributed by atoms with E-state index in [1.54, 1.807) is 0 Å². The van der Waals surface area contributed by atoms with Crippen molar-refractivity contribution in [2.24, 2.45) is 18.4 Å². The Hall–Kier alpha value is -0.700. The van der Waals surface area contributed by atoms with Crippen molar-refractivity contribution in [2.45, 2.75) is 40.0 Å². The van der Waals surface area contributed by atoms with Gasteiger partial charge < -0.3 is 4.90 Å². The van der Waals surface area contributed by atoms with Crippen LogP contribution in [-0.4, -0.2) is 22.9 Å². The zero-order valence-electron chi connectivity index (χ0n) is 12.1. The van der Waals surface area contributed by atoms with Crippen LogP contribution in [0.1, 0.15) is 38.4 Å². The fraction of sp³-hybridized carbons (Fsp3) is 0.786. The Labute approximate surface area is 115 Å². The Bertz CT molecular complexity index is 431. The van der Waals surface area contributed by atoms with E-state index in [4.69, 9.17) is 11.6 Å².